The van der Waals surface area contributed by atoms with Gasteiger partial charge in [0.2, 0.25) is 0 Å². The van der Waals surface area contributed by atoms with Crippen LogP contribution in [0.15, 0.2) is 28.7 Å². The third kappa shape index (κ3) is 6.50. The smallest absolute Gasteiger partial charge is 0.0591 e. The number of hydrogen-bond acceptors (Lipinski definition) is 3. The van der Waals surface area contributed by atoms with Gasteiger partial charge >= 0.3 is 0 Å². The maximum absolute atomic E-state index is 5.49. The van der Waals surface area contributed by atoms with E-state index in [9.17, 15) is 0 Å². The zero-order valence-electron chi connectivity index (χ0n) is 11.1. The molecule has 1 N–H and O–H groups in total. The second kappa shape index (κ2) is 9.50. The highest BCUT2D eigenvalue weighted by atomic mass is 79.9. The van der Waals surface area contributed by atoms with E-state index in [1.165, 1.54) is 5.56 Å². The number of nitrogens with one attached hydrogen (secondary N) is 1. The summed E-state index contributed by atoms with van der Waals surface area (Å²) in [5, 5.41) is 3.44. The second-order valence-electron chi connectivity index (χ2n) is 4.19. The SMILES string of the molecule is COCCCOCCNC(C)c1ccc(Br)cc1. The Morgan fingerprint density at radius 3 is 2.56 bits per heavy atom. The lowest BCUT2D eigenvalue weighted by atomic mass is 10.1. The van der Waals surface area contributed by atoms with Gasteiger partial charge < -0.3 is 14.8 Å². The van der Waals surface area contributed by atoms with Crippen LogP contribution in [0.25, 0.3) is 0 Å². The van der Waals surface area contributed by atoms with E-state index in [0.29, 0.717) is 6.04 Å². The maximum Gasteiger partial charge on any atom is 0.0591 e. The summed E-state index contributed by atoms with van der Waals surface area (Å²) in [5.74, 6) is 0. The van der Waals surface area contributed by atoms with Crippen molar-refractivity contribution in [3.8, 4) is 0 Å². The summed E-state index contributed by atoms with van der Waals surface area (Å²) in [6.07, 6.45) is 0.957. The van der Waals surface area contributed by atoms with Gasteiger partial charge in [0.15, 0.2) is 0 Å². The first-order chi connectivity index (χ1) is 8.74. The highest BCUT2D eigenvalue weighted by molar-refractivity contribution is 9.10. The monoisotopic (exact) mass is 315 g/mol. The van der Waals surface area contributed by atoms with E-state index < -0.39 is 0 Å². The molecule has 1 aromatic carbocycles. The molecule has 0 saturated carbocycles. The molecule has 0 heterocycles. The summed E-state index contributed by atoms with van der Waals surface area (Å²) < 4.78 is 11.6. The van der Waals surface area contributed by atoms with Crippen molar-refractivity contribution >= 4 is 15.9 Å². The van der Waals surface area contributed by atoms with Crippen LogP contribution < -0.4 is 5.32 Å². The van der Waals surface area contributed by atoms with Gasteiger partial charge in [0.05, 0.1) is 6.61 Å². The van der Waals surface area contributed by atoms with Crippen molar-refractivity contribution in [1.82, 2.24) is 5.32 Å². The quantitative estimate of drug-likeness (QED) is 0.710. The highest BCUT2D eigenvalue weighted by Gasteiger charge is 2.03. The zero-order valence-corrected chi connectivity index (χ0v) is 12.7. The Bertz CT molecular complexity index is 316. The molecule has 0 bridgehead atoms. The minimum Gasteiger partial charge on any atom is -0.385 e. The molecule has 1 aromatic rings. The molecule has 0 amide bonds. The highest BCUT2D eigenvalue weighted by Crippen LogP contribution is 2.16. The average Bonchev–Trinajstić information content (AvgIpc) is 2.38. The Morgan fingerprint density at radius 2 is 1.89 bits per heavy atom. The number of methoxy groups -OCH3 is 1. The molecule has 0 aliphatic carbocycles. The fraction of sp³-hybridized carbons (Fsp3) is 0.571. The van der Waals surface area contributed by atoms with Gasteiger partial charge in [0.1, 0.15) is 0 Å². The second-order valence-corrected chi connectivity index (χ2v) is 5.10. The van der Waals surface area contributed by atoms with E-state index in [4.69, 9.17) is 9.47 Å². The van der Waals surface area contributed by atoms with Gasteiger partial charge in [0, 0.05) is 37.4 Å². The van der Waals surface area contributed by atoms with Gasteiger partial charge in [-0.15, -0.1) is 0 Å². The van der Waals surface area contributed by atoms with E-state index in [1.807, 2.05) is 0 Å². The van der Waals surface area contributed by atoms with Crippen LogP contribution in [-0.4, -0.2) is 33.5 Å². The van der Waals surface area contributed by atoms with E-state index in [2.05, 4.69) is 52.4 Å². The molecule has 102 valence electrons. The van der Waals surface area contributed by atoms with Crippen LogP contribution in [0.1, 0.15) is 24.9 Å². The van der Waals surface area contributed by atoms with E-state index in [0.717, 1.165) is 37.3 Å². The molecule has 18 heavy (non-hydrogen) atoms. The Labute approximate surface area is 118 Å². The number of hydrogen-bond donors (Lipinski definition) is 1. The van der Waals surface area contributed by atoms with Crippen molar-refractivity contribution in [1.29, 1.82) is 0 Å². The topological polar surface area (TPSA) is 30.5 Å². The fourth-order valence-electron chi connectivity index (χ4n) is 1.62. The summed E-state index contributed by atoms with van der Waals surface area (Å²) in [6.45, 7) is 5.30. The Morgan fingerprint density at radius 1 is 1.17 bits per heavy atom. The van der Waals surface area contributed by atoms with Crippen molar-refractivity contribution in [3.63, 3.8) is 0 Å². The van der Waals surface area contributed by atoms with Crippen LogP contribution in [0.4, 0.5) is 0 Å². The van der Waals surface area contributed by atoms with Gasteiger partial charge in [-0.3, -0.25) is 0 Å². The molecule has 0 saturated heterocycles. The molecule has 3 nitrogen and oxygen atoms in total. The van der Waals surface area contributed by atoms with Crippen LogP contribution in [0.2, 0.25) is 0 Å². The van der Waals surface area contributed by atoms with E-state index in [1.54, 1.807) is 7.11 Å². The number of halogens is 1. The lowest BCUT2D eigenvalue weighted by Gasteiger charge is -2.14. The first-order valence-corrected chi connectivity index (χ1v) is 7.09. The molecule has 0 aromatic heterocycles. The summed E-state index contributed by atoms with van der Waals surface area (Å²) >= 11 is 3.44. The third-order valence-electron chi connectivity index (χ3n) is 2.70. The summed E-state index contributed by atoms with van der Waals surface area (Å²) in [6, 6.07) is 8.73. The largest absolute Gasteiger partial charge is 0.385 e. The Balaban J connectivity index is 2.10. The van der Waals surface area contributed by atoms with Gasteiger partial charge in [-0.2, -0.15) is 0 Å². The molecule has 0 spiro atoms. The molecule has 0 aliphatic rings. The van der Waals surface area contributed by atoms with Crippen LogP contribution in [0.3, 0.4) is 0 Å². The maximum atomic E-state index is 5.49. The van der Waals surface area contributed by atoms with E-state index >= 15 is 0 Å². The minimum absolute atomic E-state index is 0.348. The van der Waals surface area contributed by atoms with Gasteiger partial charge in [0.25, 0.3) is 0 Å². The summed E-state index contributed by atoms with van der Waals surface area (Å²) in [5.41, 5.74) is 1.29. The van der Waals surface area contributed by atoms with Crippen LogP contribution in [0, 0.1) is 0 Å². The predicted octanol–water partition coefficient (Wildman–Crippen LogP) is 3.15. The van der Waals surface area contributed by atoms with Crippen molar-refractivity contribution in [2.75, 3.05) is 33.5 Å². The molecule has 0 radical (unpaired) electrons. The van der Waals surface area contributed by atoms with Crippen LogP contribution in [-0.2, 0) is 9.47 Å². The average molecular weight is 316 g/mol. The molecule has 0 aliphatic heterocycles. The standard InChI is InChI=1S/C14H22BrNO2/c1-12(13-4-6-14(15)7-5-13)16-8-11-18-10-3-9-17-2/h4-7,12,16H,3,8-11H2,1-2H3. The number of rotatable bonds is 9. The predicted molar refractivity (Wildman–Crippen MR) is 77.9 cm³/mol. The van der Waals surface area contributed by atoms with Gasteiger partial charge in [-0.25, -0.2) is 0 Å². The molecule has 4 heteroatoms. The molecule has 1 unspecified atom stereocenters. The number of ether oxygens (including phenoxy) is 2. The Kier molecular flexibility index (Phi) is 8.25. The van der Waals surface area contributed by atoms with Crippen molar-refractivity contribution in [2.45, 2.75) is 19.4 Å². The first kappa shape index (κ1) is 15.6. The van der Waals surface area contributed by atoms with E-state index in [-0.39, 0.29) is 0 Å². The first-order valence-electron chi connectivity index (χ1n) is 6.29. The molecular formula is C14H22BrNO2. The summed E-state index contributed by atoms with van der Waals surface area (Å²) in [7, 11) is 1.71. The van der Waals surface area contributed by atoms with Crippen LogP contribution >= 0.6 is 15.9 Å². The van der Waals surface area contributed by atoms with Crippen LogP contribution in [0.5, 0.6) is 0 Å². The molecular weight excluding hydrogens is 294 g/mol. The van der Waals surface area contributed by atoms with Crippen molar-refractivity contribution < 1.29 is 9.47 Å². The lowest BCUT2D eigenvalue weighted by Crippen LogP contribution is -2.23. The Hall–Kier alpha value is -0.420. The zero-order chi connectivity index (χ0) is 13.2. The van der Waals surface area contributed by atoms with Crippen molar-refractivity contribution in [3.05, 3.63) is 34.3 Å². The van der Waals surface area contributed by atoms with Gasteiger partial charge in [-0.05, 0) is 31.0 Å². The summed E-state index contributed by atoms with van der Waals surface area (Å²) in [4.78, 5) is 0. The molecule has 1 atom stereocenters. The van der Waals surface area contributed by atoms with Gasteiger partial charge in [-0.1, -0.05) is 28.1 Å². The third-order valence-corrected chi connectivity index (χ3v) is 3.23. The number of benzene rings is 1. The van der Waals surface area contributed by atoms with Crippen molar-refractivity contribution in [2.24, 2.45) is 0 Å². The molecule has 1 rings (SSSR count). The fourth-order valence-corrected chi connectivity index (χ4v) is 1.89. The molecule has 0 fully saturated rings. The normalized spacial score (nSPS) is 12.6. The lowest BCUT2D eigenvalue weighted by molar-refractivity contribution is 0.103. The minimum atomic E-state index is 0.348.